The van der Waals surface area contributed by atoms with E-state index in [2.05, 4.69) is 4.74 Å². The highest BCUT2D eigenvalue weighted by Gasteiger charge is 2.17. The highest BCUT2D eigenvalue weighted by atomic mass is 32.2. The van der Waals surface area contributed by atoms with E-state index in [1.54, 1.807) is 0 Å². The van der Waals surface area contributed by atoms with Gasteiger partial charge in [-0.25, -0.2) is 8.42 Å². The largest absolute Gasteiger partial charge is 0.359 e. The Morgan fingerprint density at radius 2 is 2.00 bits per heavy atom. The average molecular weight is 152 g/mol. The van der Waals surface area contributed by atoms with Crippen LogP contribution in [0.5, 0.6) is 0 Å². The topological polar surface area (TPSA) is 60.4 Å². The molecular formula is C4H8O4S. The minimum atomic E-state index is -3.36. The lowest BCUT2D eigenvalue weighted by atomic mass is 10.8. The van der Waals surface area contributed by atoms with E-state index < -0.39 is 15.3 Å². The molecule has 54 valence electrons. The molecule has 9 heavy (non-hydrogen) atoms. The number of rotatable bonds is 3. The van der Waals surface area contributed by atoms with Crippen LogP contribution in [0.2, 0.25) is 0 Å². The maximum atomic E-state index is 10.4. The summed E-state index contributed by atoms with van der Waals surface area (Å²) in [5.41, 5.74) is -1.31. The van der Waals surface area contributed by atoms with Crippen LogP contribution in [0.4, 0.5) is 0 Å². The third-order valence-electron chi connectivity index (χ3n) is 0.765. The third-order valence-corrected chi connectivity index (χ3v) is 1.91. The minimum absolute atomic E-state index is 0.245. The van der Waals surface area contributed by atoms with Crippen LogP contribution in [-0.4, -0.2) is 33.5 Å². The summed E-state index contributed by atoms with van der Waals surface area (Å²) in [6.45, 7) is 0. The fraction of sp³-hybridized carbons (Fsp3) is 0.750. The molecule has 0 aliphatic rings. The summed E-state index contributed by atoms with van der Waals surface area (Å²) in [5, 5.41) is 0. The van der Waals surface area contributed by atoms with Gasteiger partial charge in [-0.3, -0.25) is 4.79 Å². The molecule has 0 bridgehead atoms. The molecule has 0 amide bonds. The van der Waals surface area contributed by atoms with Crippen molar-refractivity contribution < 1.29 is 17.9 Å². The first kappa shape index (κ1) is 8.58. The Morgan fingerprint density at radius 1 is 1.56 bits per heavy atom. The predicted octanol–water partition coefficient (Wildman–Crippen LogP) is -0.798. The molecule has 5 heteroatoms. The lowest BCUT2D eigenvalue weighted by Crippen LogP contribution is -2.22. The summed E-state index contributed by atoms with van der Waals surface area (Å²) in [7, 11) is -2.19. The number of methoxy groups -OCH3 is 1. The van der Waals surface area contributed by atoms with E-state index in [1.807, 2.05) is 0 Å². The molecule has 0 saturated heterocycles. The summed E-state index contributed by atoms with van der Waals surface area (Å²) in [5.74, 6) is 0. The van der Waals surface area contributed by atoms with Crippen molar-refractivity contribution in [1.82, 2.24) is 0 Å². The van der Waals surface area contributed by atoms with Gasteiger partial charge in [-0.1, -0.05) is 0 Å². The van der Waals surface area contributed by atoms with E-state index in [0.717, 1.165) is 6.26 Å². The second-order valence-corrected chi connectivity index (χ2v) is 3.69. The average Bonchev–Trinajstić information content (AvgIpc) is 1.65. The fourth-order valence-electron chi connectivity index (χ4n) is 0.331. The lowest BCUT2D eigenvalue weighted by Gasteiger charge is -2.02. The predicted molar refractivity (Wildman–Crippen MR) is 31.7 cm³/mol. The summed E-state index contributed by atoms with van der Waals surface area (Å²) in [6, 6.07) is 0. The maximum Gasteiger partial charge on any atom is 0.213 e. The minimum Gasteiger partial charge on any atom is -0.359 e. The molecule has 0 aliphatic carbocycles. The van der Waals surface area contributed by atoms with E-state index in [1.165, 1.54) is 7.11 Å². The van der Waals surface area contributed by atoms with Crippen molar-refractivity contribution in [2.45, 2.75) is 5.44 Å². The van der Waals surface area contributed by atoms with Crippen LogP contribution in [0.3, 0.4) is 0 Å². The Balaban J connectivity index is 4.32. The van der Waals surface area contributed by atoms with E-state index in [9.17, 15) is 13.2 Å². The number of hydrogen-bond donors (Lipinski definition) is 0. The van der Waals surface area contributed by atoms with Crippen LogP contribution in [0.1, 0.15) is 0 Å². The number of ether oxygens (including phenoxy) is 1. The molecule has 0 fully saturated rings. The first-order chi connectivity index (χ1) is 4.02. The second kappa shape index (κ2) is 2.93. The first-order valence-electron chi connectivity index (χ1n) is 2.19. The third kappa shape index (κ3) is 2.57. The van der Waals surface area contributed by atoms with Crippen molar-refractivity contribution >= 4 is 16.1 Å². The standard InChI is InChI=1S/C4H8O4S/c1-8-4(3-5)9(2,6)7/h3-4H,1-2H3. The zero-order chi connectivity index (χ0) is 7.49. The summed E-state index contributed by atoms with van der Waals surface area (Å²) in [6.07, 6.45) is 1.19. The summed E-state index contributed by atoms with van der Waals surface area (Å²) < 4.78 is 25.2. The van der Waals surface area contributed by atoms with Gasteiger partial charge >= 0.3 is 0 Å². The van der Waals surface area contributed by atoms with Crippen LogP contribution in [-0.2, 0) is 19.4 Å². The Hall–Kier alpha value is -0.420. The molecule has 1 atom stereocenters. The molecule has 0 saturated carbocycles. The first-order valence-corrected chi connectivity index (χ1v) is 4.14. The summed E-state index contributed by atoms with van der Waals surface area (Å²) in [4.78, 5) is 9.88. The molecule has 0 N–H and O–H groups in total. The maximum absolute atomic E-state index is 10.4. The molecule has 4 nitrogen and oxygen atoms in total. The Kier molecular flexibility index (Phi) is 2.80. The zero-order valence-corrected chi connectivity index (χ0v) is 6.01. The van der Waals surface area contributed by atoms with E-state index >= 15 is 0 Å². The van der Waals surface area contributed by atoms with Gasteiger partial charge in [0.15, 0.2) is 16.1 Å². The van der Waals surface area contributed by atoms with E-state index in [4.69, 9.17) is 0 Å². The molecule has 0 heterocycles. The van der Waals surface area contributed by atoms with Gasteiger partial charge < -0.3 is 4.74 Å². The van der Waals surface area contributed by atoms with Crippen LogP contribution >= 0.6 is 0 Å². The zero-order valence-electron chi connectivity index (χ0n) is 5.20. The molecule has 0 spiro atoms. The number of aldehydes is 1. The molecule has 0 aliphatic heterocycles. The Morgan fingerprint density at radius 3 is 2.00 bits per heavy atom. The molecule has 0 aromatic rings. The van der Waals surface area contributed by atoms with Crippen molar-refractivity contribution in [1.29, 1.82) is 0 Å². The van der Waals surface area contributed by atoms with Gasteiger partial charge in [-0.15, -0.1) is 0 Å². The molecular weight excluding hydrogens is 144 g/mol. The van der Waals surface area contributed by atoms with Gasteiger partial charge in [-0.2, -0.15) is 0 Å². The smallest absolute Gasteiger partial charge is 0.213 e. The van der Waals surface area contributed by atoms with Gasteiger partial charge in [0.05, 0.1) is 0 Å². The number of hydrogen-bond acceptors (Lipinski definition) is 4. The van der Waals surface area contributed by atoms with Crippen LogP contribution < -0.4 is 0 Å². The number of sulfone groups is 1. The van der Waals surface area contributed by atoms with Crippen molar-refractivity contribution in [3.8, 4) is 0 Å². The Bertz CT molecular complexity index is 181. The number of carbonyl (C=O) groups is 1. The van der Waals surface area contributed by atoms with Crippen LogP contribution in [0, 0.1) is 0 Å². The van der Waals surface area contributed by atoms with Crippen molar-refractivity contribution in [3.63, 3.8) is 0 Å². The fourth-order valence-corrected chi connectivity index (χ4v) is 0.883. The molecule has 0 radical (unpaired) electrons. The second-order valence-electron chi connectivity index (χ2n) is 1.57. The van der Waals surface area contributed by atoms with Gasteiger partial charge in [-0.05, 0) is 0 Å². The highest BCUT2D eigenvalue weighted by Crippen LogP contribution is 1.94. The van der Waals surface area contributed by atoms with E-state index in [0.29, 0.717) is 0 Å². The van der Waals surface area contributed by atoms with Crippen molar-refractivity contribution in [2.75, 3.05) is 13.4 Å². The molecule has 0 aromatic heterocycles. The SMILES string of the molecule is COC(C=O)S(C)(=O)=O. The normalized spacial score (nSPS) is 14.9. The van der Waals surface area contributed by atoms with Crippen LogP contribution in [0.15, 0.2) is 0 Å². The quantitative estimate of drug-likeness (QED) is 0.497. The monoisotopic (exact) mass is 152 g/mol. The van der Waals surface area contributed by atoms with Crippen molar-refractivity contribution in [3.05, 3.63) is 0 Å². The molecule has 1 unspecified atom stereocenters. The number of carbonyl (C=O) groups excluding carboxylic acids is 1. The van der Waals surface area contributed by atoms with Gasteiger partial charge in [0.25, 0.3) is 0 Å². The molecule has 0 rings (SSSR count). The van der Waals surface area contributed by atoms with Crippen molar-refractivity contribution in [2.24, 2.45) is 0 Å². The van der Waals surface area contributed by atoms with Crippen LogP contribution in [0.25, 0.3) is 0 Å². The van der Waals surface area contributed by atoms with Gasteiger partial charge in [0, 0.05) is 13.4 Å². The lowest BCUT2D eigenvalue weighted by molar-refractivity contribution is -0.112. The van der Waals surface area contributed by atoms with E-state index in [-0.39, 0.29) is 6.29 Å². The summed E-state index contributed by atoms with van der Waals surface area (Å²) >= 11 is 0. The van der Waals surface area contributed by atoms with Gasteiger partial charge in [0.2, 0.25) is 5.44 Å². The Labute approximate surface area is 53.7 Å². The highest BCUT2D eigenvalue weighted by molar-refractivity contribution is 7.91. The molecule has 0 aromatic carbocycles. The van der Waals surface area contributed by atoms with Gasteiger partial charge in [0.1, 0.15) is 0 Å².